The third-order valence-corrected chi connectivity index (χ3v) is 5.82. The molecular weight excluding hydrogens is 496 g/mol. The molecule has 3 atom stereocenters. The molecule has 0 aliphatic heterocycles. The summed E-state index contributed by atoms with van der Waals surface area (Å²) in [6.45, 7) is 1.38. The van der Waals surface area contributed by atoms with Gasteiger partial charge in [0.25, 0.3) is 0 Å². The van der Waals surface area contributed by atoms with Crippen LogP contribution in [0.3, 0.4) is 0 Å². The molecule has 2 N–H and O–H groups in total. The first kappa shape index (κ1) is 29.8. The van der Waals surface area contributed by atoms with Gasteiger partial charge >= 0.3 is 24.0 Å². The van der Waals surface area contributed by atoms with E-state index in [-0.39, 0.29) is 13.0 Å². The largest absolute Gasteiger partial charge is 0.468 e. The zero-order chi connectivity index (χ0) is 28.1. The predicted molar refractivity (Wildman–Crippen MR) is 134 cm³/mol. The Kier molecular flexibility index (Phi) is 11.8. The number of methoxy groups -OCH3 is 3. The molecule has 0 aliphatic carbocycles. The fraction of sp³-hybridized carbons (Fsp3) is 0.370. The molecule has 2 rings (SSSR count). The molecule has 11 nitrogen and oxygen atoms in total. The van der Waals surface area contributed by atoms with E-state index in [1.54, 1.807) is 54.6 Å². The first-order valence-electron chi connectivity index (χ1n) is 11.8. The second kappa shape index (κ2) is 15.0. The summed E-state index contributed by atoms with van der Waals surface area (Å²) in [5, 5.41) is 5.03. The third kappa shape index (κ3) is 8.61. The van der Waals surface area contributed by atoms with E-state index >= 15 is 0 Å². The summed E-state index contributed by atoms with van der Waals surface area (Å²) in [7, 11) is 3.26. The van der Waals surface area contributed by atoms with Gasteiger partial charge in [-0.3, -0.25) is 14.4 Å². The normalized spacial score (nSPS) is 12.9. The van der Waals surface area contributed by atoms with Gasteiger partial charge in [-0.05, 0) is 11.1 Å². The molecule has 0 bridgehead atoms. The smallest absolute Gasteiger partial charge is 0.408 e. The third-order valence-electron chi connectivity index (χ3n) is 5.82. The highest BCUT2D eigenvalue weighted by atomic mass is 16.6. The van der Waals surface area contributed by atoms with Gasteiger partial charge in [-0.25, -0.2) is 9.59 Å². The molecule has 2 aromatic carbocycles. The molecule has 0 fully saturated rings. The Bertz CT molecular complexity index is 1080. The summed E-state index contributed by atoms with van der Waals surface area (Å²) in [6, 6.07) is 15.2. The molecule has 0 radical (unpaired) electrons. The number of alkyl carbamates (subject to hydrolysis) is 1. The van der Waals surface area contributed by atoms with Crippen LogP contribution >= 0.6 is 0 Å². The number of benzene rings is 2. The molecule has 38 heavy (non-hydrogen) atoms. The summed E-state index contributed by atoms with van der Waals surface area (Å²) in [5.41, 5.74) is 1.48. The highest BCUT2D eigenvalue weighted by molar-refractivity contribution is 5.97. The molecule has 0 aromatic heterocycles. The number of rotatable bonds is 12. The van der Waals surface area contributed by atoms with Gasteiger partial charge in [0.15, 0.2) is 5.92 Å². The van der Waals surface area contributed by atoms with E-state index in [0.717, 1.165) is 32.5 Å². The van der Waals surface area contributed by atoms with E-state index < -0.39 is 53.8 Å². The Balaban J connectivity index is 2.26. The highest BCUT2D eigenvalue weighted by Crippen LogP contribution is 2.21. The van der Waals surface area contributed by atoms with E-state index in [1.165, 1.54) is 6.92 Å². The van der Waals surface area contributed by atoms with Crippen molar-refractivity contribution in [3.63, 3.8) is 0 Å². The Morgan fingerprint density at radius 3 is 1.71 bits per heavy atom. The first-order chi connectivity index (χ1) is 18.2. The van der Waals surface area contributed by atoms with Crippen LogP contribution in [0, 0.1) is 11.8 Å². The van der Waals surface area contributed by atoms with Crippen molar-refractivity contribution in [3.8, 4) is 0 Å². The minimum absolute atomic E-state index is 0.0197. The van der Waals surface area contributed by atoms with E-state index in [0.29, 0.717) is 0 Å². The van der Waals surface area contributed by atoms with Crippen molar-refractivity contribution >= 4 is 29.9 Å². The number of nitrogens with one attached hydrogen (secondary N) is 2. The lowest BCUT2D eigenvalue weighted by atomic mass is 9.87. The Hall–Kier alpha value is -4.41. The second-order valence-electron chi connectivity index (χ2n) is 8.34. The minimum atomic E-state index is -1.52. The maximum absolute atomic E-state index is 13.4. The topological polar surface area (TPSA) is 146 Å². The van der Waals surface area contributed by atoms with Crippen LogP contribution in [0.25, 0.3) is 0 Å². The number of esters is 3. The highest BCUT2D eigenvalue weighted by Gasteiger charge is 2.43. The predicted octanol–water partition coefficient (Wildman–Crippen LogP) is 1.78. The molecule has 0 saturated carbocycles. The van der Waals surface area contributed by atoms with Crippen molar-refractivity contribution in [2.45, 2.75) is 32.0 Å². The van der Waals surface area contributed by atoms with Gasteiger partial charge in [0, 0.05) is 12.3 Å². The quantitative estimate of drug-likeness (QED) is 0.239. The van der Waals surface area contributed by atoms with Crippen LogP contribution in [0.4, 0.5) is 4.79 Å². The van der Waals surface area contributed by atoms with Crippen LogP contribution in [0.1, 0.15) is 18.1 Å². The van der Waals surface area contributed by atoms with Crippen molar-refractivity contribution in [2.75, 3.05) is 21.3 Å². The van der Waals surface area contributed by atoms with Crippen molar-refractivity contribution in [3.05, 3.63) is 71.8 Å². The van der Waals surface area contributed by atoms with E-state index in [2.05, 4.69) is 20.1 Å². The van der Waals surface area contributed by atoms with E-state index in [9.17, 15) is 24.0 Å². The summed E-state index contributed by atoms with van der Waals surface area (Å²) in [4.78, 5) is 63.2. The standard InChI is InChI=1S/C27H32N2O9/c1-17(21(24(31)35-2)25(32)36-3)22(26(33)37-4)29-23(30)20(15-18-11-7-5-8-12-18)28-27(34)38-16-19-13-9-6-10-14-19/h5-14,17,20-22H,15-16H2,1-4H3,(H,28,34)(H,29,30)/t17-,20-,22+/m0/s1. The van der Waals surface area contributed by atoms with Crippen molar-refractivity contribution in [1.29, 1.82) is 0 Å². The SMILES string of the molecule is COC(=O)C(C(=O)OC)[C@H](C)[C@@H](NC(=O)[C@H](Cc1ccccc1)NC(=O)OCc1ccccc1)C(=O)OC. The van der Waals surface area contributed by atoms with Crippen molar-refractivity contribution in [1.82, 2.24) is 10.6 Å². The lowest BCUT2D eigenvalue weighted by Gasteiger charge is -2.28. The van der Waals surface area contributed by atoms with Gasteiger partial charge in [0.1, 0.15) is 18.7 Å². The molecule has 0 aliphatic rings. The fourth-order valence-electron chi connectivity index (χ4n) is 3.72. The number of carbonyl (C=O) groups is 5. The Labute approximate surface area is 220 Å². The monoisotopic (exact) mass is 528 g/mol. The van der Waals surface area contributed by atoms with Crippen molar-refractivity contribution in [2.24, 2.45) is 11.8 Å². The Morgan fingerprint density at radius 2 is 1.21 bits per heavy atom. The number of hydrogen-bond donors (Lipinski definition) is 2. The number of ether oxygens (including phenoxy) is 4. The molecule has 2 aromatic rings. The molecule has 0 unspecified atom stereocenters. The van der Waals surface area contributed by atoms with Crippen LogP contribution in [-0.2, 0) is 51.2 Å². The maximum atomic E-state index is 13.4. The lowest BCUT2D eigenvalue weighted by Crippen LogP contribution is -2.56. The molecule has 204 valence electrons. The molecule has 11 heteroatoms. The molecule has 2 amide bonds. The van der Waals surface area contributed by atoms with E-state index in [1.807, 2.05) is 6.07 Å². The van der Waals surface area contributed by atoms with Crippen LogP contribution in [0.5, 0.6) is 0 Å². The van der Waals surface area contributed by atoms with E-state index in [4.69, 9.17) is 9.47 Å². The van der Waals surface area contributed by atoms with Gasteiger partial charge in [0.2, 0.25) is 5.91 Å². The molecular formula is C27H32N2O9. The fourth-order valence-corrected chi connectivity index (χ4v) is 3.72. The average molecular weight is 529 g/mol. The van der Waals surface area contributed by atoms with Gasteiger partial charge in [-0.1, -0.05) is 67.6 Å². The molecule has 0 saturated heterocycles. The molecule has 0 spiro atoms. The van der Waals surface area contributed by atoms with Crippen molar-refractivity contribution < 1.29 is 42.9 Å². The van der Waals surface area contributed by atoms with Gasteiger partial charge in [-0.2, -0.15) is 0 Å². The van der Waals surface area contributed by atoms with Crippen LogP contribution in [0.15, 0.2) is 60.7 Å². The lowest BCUT2D eigenvalue weighted by molar-refractivity contribution is -0.163. The van der Waals surface area contributed by atoms with Crippen LogP contribution in [-0.4, -0.2) is 63.3 Å². The van der Waals surface area contributed by atoms with Crippen LogP contribution in [0.2, 0.25) is 0 Å². The number of hydrogen-bond acceptors (Lipinski definition) is 9. The van der Waals surface area contributed by atoms with Crippen LogP contribution < -0.4 is 10.6 Å². The minimum Gasteiger partial charge on any atom is -0.468 e. The Morgan fingerprint density at radius 1 is 0.711 bits per heavy atom. The zero-order valence-corrected chi connectivity index (χ0v) is 21.7. The zero-order valence-electron chi connectivity index (χ0n) is 21.7. The summed E-state index contributed by atoms with van der Waals surface area (Å²) < 4.78 is 19.4. The van der Waals surface area contributed by atoms with Gasteiger partial charge in [-0.15, -0.1) is 0 Å². The maximum Gasteiger partial charge on any atom is 0.408 e. The average Bonchev–Trinajstić information content (AvgIpc) is 2.94. The summed E-state index contributed by atoms with van der Waals surface area (Å²) >= 11 is 0. The number of amides is 2. The summed E-state index contributed by atoms with van der Waals surface area (Å²) in [5.74, 6) is -6.21. The van der Waals surface area contributed by atoms with Gasteiger partial charge in [0.05, 0.1) is 21.3 Å². The summed E-state index contributed by atoms with van der Waals surface area (Å²) in [6.07, 6.45) is -0.790. The first-order valence-corrected chi connectivity index (χ1v) is 11.8. The number of carbonyl (C=O) groups excluding carboxylic acids is 5. The molecule has 0 heterocycles. The second-order valence-corrected chi connectivity index (χ2v) is 8.34. The van der Waals surface area contributed by atoms with Gasteiger partial charge < -0.3 is 29.6 Å².